The van der Waals surface area contributed by atoms with Gasteiger partial charge in [0.2, 0.25) is 11.8 Å². The van der Waals surface area contributed by atoms with Crippen LogP contribution in [-0.4, -0.2) is 28.8 Å². The quantitative estimate of drug-likeness (QED) is 0.680. The Morgan fingerprint density at radius 2 is 1.63 bits per heavy atom. The summed E-state index contributed by atoms with van der Waals surface area (Å²) in [6.45, 7) is 2.06. The summed E-state index contributed by atoms with van der Waals surface area (Å²) in [5.41, 5.74) is 1.60. The fourth-order valence-corrected chi connectivity index (χ4v) is 3.94. The molecule has 3 rings (SSSR count). The lowest BCUT2D eigenvalue weighted by molar-refractivity contribution is -0.140. The van der Waals surface area contributed by atoms with E-state index in [1.807, 2.05) is 12.1 Å². The van der Waals surface area contributed by atoms with E-state index < -0.39 is 6.04 Å². The third kappa shape index (κ3) is 6.30. The number of hydrogen-bond acceptors (Lipinski definition) is 2. The van der Waals surface area contributed by atoms with Crippen LogP contribution in [0, 0.1) is 5.82 Å². The monoisotopic (exact) mass is 430 g/mol. The molecule has 2 aromatic rings. The molecular formula is C24H28ClFN2O2. The van der Waals surface area contributed by atoms with Gasteiger partial charge in [0, 0.05) is 17.6 Å². The molecule has 0 aliphatic heterocycles. The van der Waals surface area contributed by atoms with Gasteiger partial charge in [0.05, 0.1) is 6.42 Å². The fourth-order valence-electron chi connectivity index (χ4n) is 3.82. The molecule has 30 heavy (non-hydrogen) atoms. The third-order valence-electron chi connectivity index (χ3n) is 5.65. The number of nitrogens with one attached hydrogen (secondary N) is 1. The Labute approximate surface area is 182 Å². The lowest BCUT2D eigenvalue weighted by atomic mass is 9.95. The Morgan fingerprint density at radius 1 is 1.03 bits per heavy atom. The summed E-state index contributed by atoms with van der Waals surface area (Å²) in [4.78, 5) is 27.6. The standard InChI is InChI=1S/C24H28ClFN2O2/c1-17(24(30)27-22-5-3-2-4-6-22)28(16-19-7-11-20(25)12-8-19)23(29)15-18-9-13-21(26)14-10-18/h7-14,17,22H,2-6,15-16H2,1H3,(H,27,30)/t17-/m1/s1. The second-order valence-electron chi connectivity index (χ2n) is 7.97. The summed E-state index contributed by atoms with van der Waals surface area (Å²) < 4.78 is 13.2. The Hall–Kier alpha value is -2.40. The molecule has 1 atom stereocenters. The second kappa shape index (κ2) is 10.6. The molecule has 6 heteroatoms. The number of amides is 2. The van der Waals surface area contributed by atoms with E-state index in [4.69, 9.17) is 11.6 Å². The van der Waals surface area contributed by atoms with Crippen molar-refractivity contribution in [2.45, 2.75) is 64.1 Å². The van der Waals surface area contributed by atoms with Crippen molar-refractivity contribution in [2.75, 3.05) is 0 Å². The SMILES string of the molecule is C[C@H](C(=O)NC1CCCCC1)N(Cc1ccc(Cl)cc1)C(=O)Cc1ccc(F)cc1. The van der Waals surface area contributed by atoms with Gasteiger partial charge in [-0.05, 0) is 55.2 Å². The zero-order chi connectivity index (χ0) is 21.5. The van der Waals surface area contributed by atoms with E-state index in [2.05, 4.69) is 5.32 Å². The van der Waals surface area contributed by atoms with Gasteiger partial charge < -0.3 is 10.2 Å². The molecule has 0 saturated heterocycles. The highest BCUT2D eigenvalue weighted by Crippen LogP contribution is 2.19. The molecule has 0 aromatic heterocycles. The second-order valence-corrected chi connectivity index (χ2v) is 8.41. The van der Waals surface area contributed by atoms with E-state index in [-0.39, 0.29) is 30.1 Å². The molecule has 1 N–H and O–H groups in total. The molecule has 1 aliphatic rings. The van der Waals surface area contributed by atoms with E-state index in [0.717, 1.165) is 31.2 Å². The lowest BCUT2D eigenvalue weighted by Gasteiger charge is -2.31. The average Bonchev–Trinajstić information content (AvgIpc) is 2.75. The van der Waals surface area contributed by atoms with Crippen LogP contribution >= 0.6 is 11.6 Å². The first-order valence-electron chi connectivity index (χ1n) is 10.5. The Bertz CT molecular complexity index is 849. The largest absolute Gasteiger partial charge is 0.352 e. The molecule has 4 nitrogen and oxygen atoms in total. The Kier molecular flexibility index (Phi) is 7.86. The molecule has 2 amide bonds. The minimum absolute atomic E-state index is 0.106. The third-order valence-corrected chi connectivity index (χ3v) is 5.91. The van der Waals surface area contributed by atoms with Crippen LogP contribution in [0.15, 0.2) is 48.5 Å². The van der Waals surface area contributed by atoms with Crippen molar-refractivity contribution in [3.63, 3.8) is 0 Å². The van der Waals surface area contributed by atoms with Crippen LogP contribution in [0.25, 0.3) is 0 Å². The fraction of sp³-hybridized carbons (Fsp3) is 0.417. The highest BCUT2D eigenvalue weighted by Gasteiger charge is 2.28. The molecule has 0 heterocycles. The first-order chi connectivity index (χ1) is 14.4. The Morgan fingerprint density at radius 3 is 2.27 bits per heavy atom. The van der Waals surface area contributed by atoms with Crippen LogP contribution < -0.4 is 5.32 Å². The zero-order valence-corrected chi connectivity index (χ0v) is 18.0. The van der Waals surface area contributed by atoms with Crippen LogP contribution in [-0.2, 0) is 22.6 Å². The highest BCUT2D eigenvalue weighted by atomic mass is 35.5. The maximum Gasteiger partial charge on any atom is 0.242 e. The number of rotatable bonds is 7. The van der Waals surface area contributed by atoms with Gasteiger partial charge >= 0.3 is 0 Å². The molecule has 0 unspecified atom stereocenters. The zero-order valence-electron chi connectivity index (χ0n) is 17.2. The van der Waals surface area contributed by atoms with Gasteiger partial charge in [-0.3, -0.25) is 9.59 Å². The van der Waals surface area contributed by atoms with Gasteiger partial charge in [0.25, 0.3) is 0 Å². The van der Waals surface area contributed by atoms with E-state index in [1.165, 1.54) is 18.6 Å². The number of benzene rings is 2. The minimum Gasteiger partial charge on any atom is -0.352 e. The van der Waals surface area contributed by atoms with Crippen LogP contribution in [0.5, 0.6) is 0 Å². The van der Waals surface area contributed by atoms with Crippen molar-refractivity contribution in [3.05, 3.63) is 70.5 Å². The number of carbonyl (C=O) groups excluding carboxylic acids is 2. The van der Waals surface area contributed by atoms with Gasteiger partial charge in [-0.15, -0.1) is 0 Å². The molecule has 0 radical (unpaired) electrons. The minimum atomic E-state index is -0.615. The first kappa shape index (κ1) is 22.3. The molecule has 160 valence electrons. The normalized spacial score (nSPS) is 15.4. The van der Waals surface area contributed by atoms with E-state index in [9.17, 15) is 14.0 Å². The number of halogens is 2. The number of hydrogen-bond donors (Lipinski definition) is 1. The van der Waals surface area contributed by atoms with Crippen molar-refractivity contribution >= 4 is 23.4 Å². The summed E-state index contributed by atoms with van der Waals surface area (Å²) in [5, 5.41) is 3.73. The van der Waals surface area contributed by atoms with Gasteiger partial charge in [0.15, 0.2) is 0 Å². The summed E-state index contributed by atoms with van der Waals surface area (Å²) in [6.07, 6.45) is 5.53. The topological polar surface area (TPSA) is 49.4 Å². The molecule has 0 spiro atoms. The van der Waals surface area contributed by atoms with Crippen molar-refractivity contribution in [3.8, 4) is 0 Å². The van der Waals surface area contributed by atoms with Crippen LogP contribution in [0.4, 0.5) is 4.39 Å². The summed E-state index contributed by atoms with van der Waals surface area (Å²) >= 11 is 5.98. The van der Waals surface area contributed by atoms with Gasteiger partial charge in [0.1, 0.15) is 11.9 Å². The van der Waals surface area contributed by atoms with Crippen LogP contribution in [0.1, 0.15) is 50.2 Å². The van der Waals surface area contributed by atoms with E-state index in [1.54, 1.807) is 36.1 Å². The molecule has 1 saturated carbocycles. The van der Waals surface area contributed by atoms with Gasteiger partial charge in [-0.25, -0.2) is 4.39 Å². The maximum absolute atomic E-state index is 13.2. The molecule has 1 fully saturated rings. The summed E-state index contributed by atoms with van der Waals surface area (Å²) in [5.74, 6) is -0.657. The molecular weight excluding hydrogens is 403 g/mol. The smallest absolute Gasteiger partial charge is 0.242 e. The molecule has 0 bridgehead atoms. The highest BCUT2D eigenvalue weighted by molar-refractivity contribution is 6.30. The van der Waals surface area contributed by atoms with Crippen LogP contribution in [0.3, 0.4) is 0 Å². The van der Waals surface area contributed by atoms with Gasteiger partial charge in [-0.2, -0.15) is 0 Å². The van der Waals surface area contributed by atoms with Crippen molar-refractivity contribution < 1.29 is 14.0 Å². The van der Waals surface area contributed by atoms with Crippen molar-refractivity contribution in [1.29, 1.82) is 0 Å². The summed E-state index contributed by atoms with van der Waals surface area (Å²) in [6, 6.07) is 12.7. The number of nitrogens with zero attached hydrogens (tertiary/aromatic N) is 1. The van der Waals surface area contributed by atoms with Crippen molar-refractivity contribution in [1.82, 2.24) is 10.2 Å². The Balaban J connectivity index is 1.74. The molecule has 1 aliphatic carbocycles. The van der Waals surface area contributed by atoms with Crippen molar-refractivity contribution in [2.24, 2.45) is 0 Å². The van der Waals surface area contributed by atoms with E-state index in [0.29, 0.717) is 17.1 Å². The predicted octanol–water partition coefficient (Wildman–Crippen LogP) is 4.89. The number of carbonyl (C=O) groups is 2. The van der Waals surface area contributed by atoms with Gasteiger partial charge in [-0.1, -0.05) is 55.1 Å². The molecule has 2 aromatic carbocycles. The van der Waals surface area contributed by atoms with Crippen LogP contribution in [0.2, 0.25) is 5.02 Å². The average molecular weight is 431 g/mol. The predicted molar refractivity (Wildman–Crippen MR) is 117 cm³/mol. The first-order valence-corrected chi connectivity index (χ1v) is 10.9. The van der Waals surface area contributed by atoms with E-state index >= 15 is 0 Å². The lowest BCUT2D eigenvalue weighted by Crippen LogP contribution is -2.50. The summed E-state index contributed by atoms with van der Waals surface area (Å²) in [7, 11) is 0. The maximum atomic E-state index is 13.2.